The highest BCUT2D eigenvalue weighted by Gasteiger charge is 2.28. The Morgan fingerprint density at radius 3 is 1.70 bits per heavy atom. The molecule has 7 N–H and O–H groups in total. The molecule has 0 saturated heterocycles. The lowest BCUT2D eigenvalue weighted by atomic mass is 9.93. The zero-order chi connectivity index (χ0) is 60.7. The molecule has 0 fully saturated rings. The molecule has 2 atom stereocenters. The van der Waals surface area contributed by atoms with E-state index in [-0.39, 0.29) is 53.4 Å². The first-order valence-electron chi connectivity index (χ1n) is 28.2. The van der Waals surface area contributed by atoms with Crippen LogP contribution in [0, 0.1) is 11.3 Å². The van der Waals surface area contributed by atoms with E-state index in [1.807, 2.05) is 13.8 Å². The third kappa shape index (κ3) is 41.2. The van der Waals surface area contributed by atoms with Gasteiger partial charge in [0.2, 0.25) is 11.8 Å². The summed E-state index contributed by atoms with van der Waals surface area (Å²) in [5.41, 5.74) is 7.91. The van der Waals surface area contributed by atoms with Gasteiger partial charge in [-0.1, -0.05) is 98.7 Å². The Morgan fingerprint density at radius 1 is 0.671 bits per heavy atom. The van der Waals surface area contributed by atoms with E-state index >= 15 is 0 Å². The third-order valence-corrected chi connectivity index (χ3v) is 13.7. The number of carbonyl (C=O) groups excluding carboxylic acids is 5. The number of alkyl carbamates (subject to hydrolysis) is 1. The molecule has 468 valence electrons. The monoisotopic (exact) mass is 1200 g/mol. The van der Waals surface area contributed by atoms with Crippen molar-refractivity contribution in [1.29, 1.82) is 0 Å². The number of aromatic nitrogens is 3. The number of nitrogens with one attached hydrogen (secondary N) is 5. The predicted octanol–water partition coefficient (Wildman–Crippen LogP) is 6.10. The average Bonchev–Trinajstić information content (AvgIpc) is 3.85. The van der Waals surface area contributed by atoms with Crippen molar-refractivity contribution in [3.63, 3.8) is 0 Å². The van der Waals surface area contributed by atoms with Crippen molar-refractivity contribution in [2.75, 3.05) is 122 Å². The summed E-state index contributed by atoms with van der Waals surface area (Å²) in [5.74, 6) is -0.344. The number of hydrogen-bond acceptors (Lipinski definition) is 19. The lowest BCUT2D eigenvalue weighted by molar-refractivity contribution is -0.133. The Kier molecular flexibility index (Phi) is 37.6. The highest BCUT2D eigenvalue weighted by molar-refractivity contribution is 8.02. The van der Waals surface area contributed by atoms with E-state index in [2.05, 4.69) is 104 Å². The highest BCUT2D eigenvalue weighted by Crippen LogP contribution is 2.27. The molecular weight excluding hydrogens is 1100 g/mol. The number of anilines is 1. The van der Waals surface area contributed by atoms with Gasteiger partial charge in [-0.3, -0.25) is 14.4 Å². The molecule has 1 aromatic carbocycles. The normalized spacial score (nSPS) is 12.6. The van der Waals surface area contributed by atoms with E-state index in [4.69, 9.17) is 48.5 Å². The molecule has 1 aromatic heterocycles. The Balaban J connectivity index is 1.69. The first-order valence-corrected chi connectivity index (χ1v) is 30.2. The maximum absolute atomic E-state index is 13.8. The summed E-state index contributed by atoms with van der Waals surface area (Å²) in [6, 6.07) is 3.89. The molecule has 82 heavy (non-hydrogen) atoms. The molecule has 2 aromatic rings. The van der Waals surface area contributed by atoms with Crippen molar-refractivity contribution >= 4 is 64.8 Å². The molecule has 6 amide bonds. The number of thioether (sulfide) groups is 2. The molecule has 2 rings (SSSR count). The molecule has 0 aliphatic rings. The van der Waals surface area contributed by atoms with Crippen molar-refractivity contribution in [2.24, 2.45) is 22.2 Å². The van der Waals surface area contributed by atoms with E-state index in [0.29, 0.717) is 127 Å². The number of benzene rings is 1. The zero-order valence-corrected chi connectivity index (χ0v) is 52.3. The molecule has 0 aliphatic carbocycles. The number of hydrogen-bond donors (Lipinski definition) is 6. The van der Waals surface area contributed by atoms with Gasteiger partial charge < -0.3 is 75.1 Å². The number of primary amides is 1. The van der Waals surface area contributed by atoms with Crippen LogP contribution in [0.15, 0.2) is 35.6 Å². The van der Waals surface area contributed by atoms with Crippen molar-refractivity contribution in [3.8, 4) is 0 Å². The highest BCUT2D eigenvalue weighted by atomic mass is 32.2. The number of nitrogens with zero attached hydrogens (tertiary/aromatic N) is 4. The van der Waals surface area contributed by atoms with Gasteiger partial charge in [0.25, 0.3) is 5.91 Å². The predicted molar refractivity (Wildman–Crippen MR) is 320 cm³/mol. The van der Waals surface area contributed by atoms with Crippen molar-refractivity contribution in [2.45, 2.75) is 143 Å². The average molecular weight is 1200 g/mol. The summed E-state index contributed by atoms with van der Waals surface area (Å²) >= 11 is 3.46. The summed E-state index contributed by atoms with van der Waals surface area (Å²) in [7, 11) is 0. The number of carbonyl (C=O) groups is 5. The van der Waals surface area contributed by atoms with Gasteiger partial charge in [-0.25, -0.2) is 14.3 Å². The Bertz CT molecular complexity index is 2100. The van der Waals surface area contributed by atoms with Gasteiger partial charge >= 0.3 is 12.1 Å². The summed E-state index contributed by atoms with van der Waals surface area (Å²) in [4.78, 5) is 70.0. The molecule has 0 bridgehead atoms. The van der Waals surface area contributed by atoms with Crippen molar-refractivity contribution in [3.05, 3.63) is 41.7 Å². The van der Waals surface area contributed by atoms with Crippen LogP contribution in [0.2, 0.25) is 0 Å². The van der Waals surface area contributed by atoms with Gasteiger partial charge in [0.05, 0.1) is 111 Å². The molecule has 0 saturated carbocycles. The van der Waals surface area contributed by atoms with E-state index in [1.165, 1.54) is 0 Å². The van der Waals surface area contributed by atoms with Crippen LogP contribution in [0.25, 0.3) is 0 Å². The largest absolute Gasteiger partial charge is 0.445 e. The Labute approximate surface area is 495 Å². The molecular formula is C56H98N10O14S2. The van der Waals surface area contributed by atoms with E-state index in [9.17, 15) is 24.0 Å². The summed E-state index contributed by atoms with van der Waals surface area (Å²) in [5, 5.41) is 26.0. The van der Waals surface area contributed by atoms with Gasteiger partial charge in [-0.15, -0.1) is 28.6 Å². The van der Waals surface area contributed by atoms with Gasteiger partial charge in [0, 0.05) is 39.8 Å². The maximum Gasteiger partial charge on any atom is 0.407 e. The molecule has 1 heterocycles. The number of amides is 6. The van der Waals surface area contributed by atoms with Crippen LogP contribution in [0.3, 0.4) is 0 Å². The van der Waals surface area contributed by atoms with Gasteiger partial charge in [0.15, 0.2) is 6.61 Å². The van der Waals surface area contributed by atoms with Crippen LogP contribution >= 0.6 is 23.5 Å². The first-order chi connectivity index (χ1) is 38.9. The van der Waals surface area contributed by atoms with Gasteiger partial charge in [-0.2, -0.15) is 0 Å². The van der Waals surface area contributed by atoms with Crippen LogP contribution in [0.1, 0.15) is 113 Å². The molecule has 0 aliphatic heterocycles. The fourth-order valence-corrected chi connectivity index (χ4v) is 8.28. The fraction of sp³-hybridized carbons (Fsp3) is 0.750. The van der Waals surface area contributed by atoms with Crippen LogP contribution in [0.5, 0.6) is 0 Å². The van der Waals surface area contributed by atoms with Gasteiger partial charge in [-0.05, 0) is 54.7 Å². The minimum absolute atomic E-state index is 0.00805. The van der Waals surface area contributed by atoms with Gasteiger partial charge in [0.1, 0.15) is 24.4 Å². The molecule has 24 nitrogen and oxygen atoms in total. The van der Waals surface area contributed by atoms with Crippen molar-refractivity contribution < 1.29 is 66.7 Å². The van der Waals surface area contributed by atoms with E-state index in [0.717, 1.165) is 18.7 Å². The molecule has 0 spiro atoms. The summed E-state index contributed by atoms with van der Waals surface area (Å²) in [6.07, 6.45) is 2.79. The number of oxime groups is 1. The second-order valence-electron chi connectivity index (χ2n) is 22.7. The number of nitrogens with two attached hydrogens (primary N) is 1. The van der Waals surface area contributed by atoms with E-state index < -0.39 is 48.5 Å². The minimum Gasteiger partial charge on any atom is -0.445 e. The number of rotatable bonds is 45. The van der Waals surface area contributed by atoms with E-state index in [1.54, 1.807) is 58.7 Å². The zero-order valence-electron chi connectivity index (χ0n) is 50.7. The smallest absolute Gasteiger partial charge is 0.407 e. The fourth-order valence-electron chi connectivity index (χ4n) is 6.64. The van der Waals surface area contributed by atoms with Crippen molar-refractivity contribution in [1.82, 2.24) is 36.3 Å². The Hall–Kier alpha value is -4.80. The lowest BCUT2D eigenvalue weighted by Gasteiger charge is -2.24. The second-order valence-corrected chi connectivity index (χ2v) is 26.3. The SMILES string of the molecule is CC(C)C[C@H](NC(=O)CON=C(CSC(C)(C)C)CSC(C)(C)C)C(=O)N[C@@H](CCCNC(N)=O)C(=O)Nc1ccc(COC(=O)NCc2cn(CCOCCOCCOCCOCCOCCOCCOCCC(C)(C)C)nn2)cc1. The maximum atomic E-state index is 13.8. The first kappa shape index (κ1) is 73.3. The lowest BCUT2D eigenvalue weighted by Crippen LogP contribution is -2.53. The molecule has 0 unspecified atom stereocenters. The van der Waals surface area contributed by atoms with Crippen LogP contribution in [-0.2, 0) is 76.8 Å². The topological polar surface area (TPSA) is 298 Å². The number of urea groups is 1. The second kappa shape index (κ2) is 42.1. The minimum atomic E-state index is -1.05. The molecule has 26 heteroatoms. The van der Waals surface area contributed by atoms with Crippen LogP contribution in [-0.4, -0.2) is 189 Å². The quantitative estimate of drug-likeness (QED) is 0.0248. The summed E-state index contributed by atoms with van der Waals surface area (Å²) < 4.78 is 45.9. The molecule has 0 radical (unpaired) electrons. The third-order valence-electron chi connectivity index (χ3n) is 11.0. The Morgan fingerprint density at radius 2 is 1.20 bits per heavy atom. The standard InChI is InChI=1S/C56H98N10O14S2/c1-42(2)35-48(61-49(67)39-80-64-46(40-81-55(6,7)8)41-82-56(9,10)11)51(69)62-47(13-12-19-58-52(57)70)50(68)60-44-16-14-43(15-17-44)38-79-53(71)59-36-45-37-66(65-63-45)20-22-73-24-26-75-28-30-77-32-34-78-33-31-76-29-27-74-25-23-72-21-18-54(3,4)5/h14-17,37,42,47-48H,12-13,18-36,38-41H2,1-11H3,(H,59,71)(H,60,68)(H,61,67)(H,62,69)(H3,57,58,70)/t47-,48-/m0/s1. The van der Waals surface area contributed by atoms with Crippen LogP contribution < -0.4 is 32.3 Å². The van der Waals surface area contributed by atoms with Crippen LogP contribution in [0.4, 0.5) is 15.3 Å². The summed E-state index contributed by atoms with van der Waals surface area (Å²) in [6.45, 7) is 30.3. The number of ether oxygens (including phenoxy) is 8.